The van der Waals surface area contributed by atoms with Crippen LogP contribution in [0, 0.1) is 13.8 Å². The number of aromatic nitrogens is 2. The lowest BCUT2D eigenvalue weighted by Gasteiger charge is -2.14. The summed E-state index contributed by atoms with van der Waals surface area (Å²) in [5, 5.41) is 13.7. The summed E-state index contributed by atoms with van der Waals surface area (Å²) in [6, 6.07) is 18.2. The van der Waals surface area contributed by atoms with Gasteiger partial charge >= 0.3 is 0 Å². The molecule has 4 heteroatoms. The minimum Gasteiger partial charge on any atom is -0.387 e. The molecule has 0 spiro atoms. The van der Waals surface area contributed by atoms with E-state index >= 15 is 0 Å². The average molecular weight is 321 g/mol. The summed E-state index contributed by atoms with van der Waals surface area (Å²) < 4.78 is 2.13. The highest BCUT2D eigenvalue weighted by Gasteiger charge is 2.10. The number of imidazole rings is 1. The average Bonchev–Trinajstić information content (AvgIpc) is 2.96. The number of hydrogen-bond acceptors (Lipinski definition) is 3. The lowest BCUT2D eigenvalue weighted by atomic mass is 10.1. The summed E-state index contributed by atoms with van der Waals surface area (Å²) in [6.45, 7) is 5.18. The number of nitrogens with zero attached hydrogens (tertiary/aromatic N) is 2. The van der Waals surface area contributed by atoms with E-state index in [1.54, 1.807) is 0 Å². The van der Waals surface area contributed by atoms with Crippen LogP contribution in [0.3, 0.4) is 0 Å². The van der Waals surface area contributed by atoms with Crippen LogP contribution in [0.4, 0.5) is 0 Å². The quantitative estimate of drug-likeness (QED) is 0.732. The molecular formula is C20H23N3O. The van der Waals surface area contributed by atoms with E-state index in [2.05, 4.69) is 27.0 Å². The molecule has 1 unspecified atom stereocenters. The lowest BCUT2D eigenvalue weighted by molar-refractivity contribution is 0.174. The van der Waals surface area contributed by atoms with E-state index in [0.717, 1.165) is 28.3 Å². The summed E-state index contributed by atoms with van der Waals surface area (Å²) >= 11 is 0. The van der Waals surface area contributed by atoms with E-state index < -0.39 is 6.10 Å². The third-order valence-corrected chi connectivity index (χ3v) is 4.10. The fourth-order valence-electron chi connectivity index (χ4n) is 2.88. The van der Waals surface area contributed by atoms with Gasteiger partial charge in [0.15, 0.2) is 0 Å². The lowest BCUT2D eigenvalue weighted by Crippen LogP contribution is -2.22. The molecule has 0 saturated carbocycles. The third-order valence-electron chi connectivity index (χ3n) is 4.10. The summed E-state index contributed by atoms with van der Waals surface area (Å²) in [6.07, 6.45) is 1.37. The number of benzene rings is 2. The highest BCUT2D eigenvalue weighted by Crippen LogP contribution is 2.16. The molecule has 0 aliphatic heterocycles. The Bertz CT molecular complexity index is 796. The van der Waals surface area contributed by atoms with Crippen molar-refractivity contribution in [1.82, 2.24) is 14.9 Å². The molecule has 0 aliphatic carbocycles. The van der Waals surface area contributed by atoms with Crippen molar-refractivity contribution in [2.45, 2.75) is 26.5 Å². The summed E-state index contributed by atoms with van der Waals surface area (Å²) in [5.41, 5.74) is 4.28. The first-order chi connectivity index (χ1) is 11.6. The summed E-state index contributed by atoms with van der Waals surface area (Å²) in [5.74, 6) is 0.956. The van der Waals surface area contributed by atoms with E-state index in [4.69, 9.17) is 0 Å². The molecule has 1 aromatic heterocycles. The van der Waals surface area contributed by atoms with Gasteiger partial charge < -0.3 is 10.4 Å². The molecule has 24 heavy (non-hydrogen) atoms. The number of aliphatic hydroxyl groups excluding tert-OH is 1. The largest absolute Gasteiger partial charge is 0.387 e. The molecule has 2 N–H and O–H groups in total. The van der Waals surface area contributed by atoms with Crippen LogP contribution in [0.1, 0.15) is 28.7 Å². The van der Waals surface area contributed by atoms with Gasteiger partial charge in [-0.3, -0.25) is 4.57 Å². The van der Waals surface area contributed by atoms with Crippen molar-refractivity contribution in [3.05, 3.63) is 83.4 Å². The van der Waals surface area contributed by atoms with Gasteiger partial charge in [-0.05, 0) is 31.5 Å². The van der Waals surface area contributed by atoms with Crippen LogP contribution in [-0.4, -0.2) is 21.2 Å². The van der Waals surface area contributed by atoms with Crippen LogP contribution < -0.4 is 5.32 Å². The zero-order chi connectivity index (χ0) is 16.9. The Morgan fingerprint density at radius 1 is 1.08 bits per heavy atom. The molecule has 3 rings (SSSR count). The van der Waals surface area contributed by atoms with Crippen LogP contribution >= 0.6 is 0 Å². The minimum absolute atomic E-state index is 0.502. The number of para-hydroxylation sites is 1. The fraction of sp³-hybridized carbons (Fsp3) is 0.250. The van der Waals surface area contributed by atoms with Crippen molar-refractivity contribution in [2.75, 3.05) is 6.54 Å². The van der Waals surface area contributed by atoms with Gasteiger partial charge in [-0.2, -0.15) is 0 Å². The van der Waals surface area contributed by atoms with E-state index in [9.17, 15) is 5.11 Å². The van der Waals surface area contributed by atoms with Crippen molar-refractivity contribution in [2.24, 2.45) is 0 Å². The number of hydrogen-bond donors (Lipinski definition) is 2. The fourth-order valence-corrected chi connectivity index (χ4v) is 2.88. The van der Waals surface area contributed by atoms with Crippen molar-refractivity contribution in [3.8, 4) is 5.69 Å². The molecule has 0 bridgehead atoms. The van der Waals surface area contributed by atoms with Crippen molar-refractivity contribution in [3.63, 3.8) is 0 Å². The Morgan fingerprint density at radius 3 is 2.62 bits per heavy atom. The Kier molecular flexibility index (Phi) is 5.08. The van der Waals surface area contributed by atoms with Crippen molar-refractivity contribution in [1.29, 1.82) is 0 Å². The van der Waals surface area contributed by atoms with Crippen LogP contribution in [0.15, 0.2) is 60.8 Å². The molecule has 2 aromatic carbocycles. The van der Waals surface area contributed by atoms with Gasteiger partial charge in [0.25, 0.3) is 0 Å². The third kappa shape index (κ3) is 3.72. The van der Waals surface area contributed by atoms with Gasteiger partial charge in [0.1, 0.15) is 5.82 Å². The maximum Gasteiger partial charge on any atom is 0.110 e. The highest BCUT2D eigenvalue weighted by molar-refractivity contribution is 5.35. The Balaban J connectivity index is 1.66. The van der Waals surface area contributed by atoms with Gasteiger partial charge in [0, 0.05) is 18.8 Å². The van der Waals surface area contributed by atoms with E-state index in [-0.39, 0.29) is 0 Å². The van der Waals surface area contributed by atoms with Crippen molar-refractivity contribution < 1.29 is 5.11 Å². The summed E-state index contributed by atoms with van der Waals surface area (Å²) in [7, 11) is 0. The second-order valence-electron chi connectivity index (χ2n) is 6.03. The summed E-state index contributed by atoms with van der Waals surface area (Å²) in [4.78, 5) is 4.42. The van der Waals surface area contributed by atoms with Gasteiger partial charge in [0.05, 0.1) is 18.0 Å². The standard InChI is InChI=1S/C20H23N3O/c1-15-7-6-8-17(11-15)20(24)14-21-12-19-13-22-16(2)23(19)18-9-4-3-5-10-18/h3-11,13,20-21,24H,12,14H2,1-2H3. The molecule has 0 aliphatic rings. The molecule has 4 nitrogen and oxygen atoms in total. The van der Waals surface area contributed by atoms with E-state index in [1.165, 1.54) is 0 Å². The Hall–Kier alpha value is -2.43. The topological polar surface area (TPSA) is 50.1 Å². The SMILES string of the molecule is Cc1cccc(C(O)CNCc2cnc(C)n2-c2ccccc2)c1. The van der Waals surface area contributed by atoms with Crippen LogP contribution in [-0.2, 0) is 6.54 Å². The first-order valence-corrected chi connectivity index (χ1v) is 8.19. The highest BCUT2D eigenvalue weighted by atomic mass is 16.3. The second-order valence-corrected chi connectivity index (χ2v) is 6.03. The first kappa shape index (κ1) is 16.4. The molecule has 0 fully saturated rings. The van der Waals surface area contributed by atoms with Crippen LogP contribution in [0.25, 0.3) is 5.69 Å². The number of aliphatic hydroxyl groups is 1. The second kappa shape index (κ2) is 7.43. The smallest absolute Gasteiger partial charge is 0.110 e. The molecule has 1 atom stereocenters. The van der Waals surface area contributed by atoms with Gasteiger partial charge in [-0.1, -0.05) is 48.0 Å². The predicted molar refractivity (Wildman–Crippen MR) is 96.1 cm³/mol. The zero-order valence-corrected chi connectivity index (χ0v) is 14.1. The molecule has 3 aromatic rings. The molecule has 1 heterocycles. The normalized spacial score (nSPS) is 12.3. The number of nitrogens with one attached hydrogen (secondary N) is 1. The Morgan fingerprint density at radius 2 is 1.88 bits per heavy atom. The van der Waals surface area contributed by atoms with Crippen LogP contribution in [0.2, 0.25) is 0 Å². The van der Waals surface area contributed by atoms with Gasteiger partial charge in [-0.15, -0.1) is 0 Å². The van der Waals surface area contributed by atoms with E-state index in [0.29, 0.717) is 13.1 Å². The molecule has 124 valence electrons. The molecule has 0 radical (unpaired) electrons. The van der Waals surface area contributed by atoms with E-state index in [1.807, 2.05) is 62.5 Å². The van der Waals surface area contributed by atoms with Gasteiger partial charge in [0.2, 0.25) is 0 Å². The number of aryl methyl sites for hydroxylation is 2. The van der Waals surface area contributed by atoms with Gasteiger partial charge in [-0.25, -0.2) is 4.98 Å². The first-order valence-electron chi connectivity index (χ1n) is 8.19. The zero-order valence-electron chi connectivity index (χ0n) is 14.1. The minimum atomic E-state index is -0.515. The molecular weight excluding hydrogens is 298 g/mol. The molecule has 0 amide bonds. The maximum atomic E-state index is 10.3. The van der Waals surface area contributed by atoms with Crippen molar-refractivity contribution >= 4 is 0 Å². The Labute approximate surface area is 142 Å². The van der Waals surface area contributed by atoms with Crippen LogP contribution in [0.5, 0.6) is 0 Å². The number of rotatable bonds is 6. The molecule has 0 saturated heterocycles. The monoisotopic (exact) mass is 321 g/mol. The maximum absolute atomic E-state index is 10.3. The predicted octanol–water partition coefficient (Wildman–Crippen LogP) is 3.31.